The number of hydrogen-bond donors (Lipinski definition) is 4. The lowest BCUT2D eigenvalue weighted by Crippen LogP contribution is -2.65. The standard InChI is InChI=1S/C19H22N2O3S3/c1-18(2,23)19(3,17(22)21-24)20-11-12-6-7-15(26-12)16-9-8-14(27-16)13-5-4-10-25-13/h4-10,20,23-24H,11H2,1-3H3,(H,21,22). The number of hydrogen-bond acceptors (Lipinski definition) is 7. The Morgan fingerprint density at radius 2 is 1.63 bits per heavy atom. The minimum Gasteiger partial charge on any atom is -0.388 e. The molecule has 1 atom stereocenters. The molecule has 0 saturated heterocycles. The molecular formula is C19H22N2O3S3. The Kier molecular flexibility index (Phi) is 5.85. The number of hydroxylamine groups is 1. The highest BCUT2D eigenvalue weighted by atomic mass is 32.1. The quantitative estimate of drug-likeness (QED) is 0.337. The zero-order chi connectivity index (χ0) is 19.7. The highest BCUT2D eigenvalue weighted by Crippen LogP contribution is 2.39. The van der Waals surface area contributed by atoms with Gasteiger partial charge >= 0.3 is 0 Å². The molecule has 0 fully saturated rings. The molecule has 0 radical (unpaired) electrons. The normalized spacial score (nSPS) is 14.1. The van der Waals surface area contributed by atoms with Crippen LogP contribution in [0.4, 0.5) is 0 Å². The van der Waals surface area contributed by atoms with Gasteiger partial charge in [-0.3, -0.25) is 15.3 Å². The molecular weight excluding hydrogens is 400 g/mol. The molecule has 0 spiro atoms. The molecule has 0 aliphatic rings. The fraction of sp³-hybridized carbons (Fsp3) is 0.316. The molecule has 0 saturated carbocycles. The molecule has 0 bridgehead atoms. The summed E-state index contributed by atoms with van der Waals surface area (Å²) in [6.45, 7) is 5.04. The van der Waals surface area contributed by atoms with Crippen molar-refractivity contribution in [3.63, 3.8) is 0 Å². The van der Waals surface area contributed by atoms with E-state index in [-0.39, 0.29) is 0 Å². The fourth-order valence-corrected chi connectivity index (χ4v) is 5.46. The van der Waals surface area contributed by atoms with E-state index < -0.39 is 17.0 Å². The van der Waals surface area contributed by atoms with Gasteiger partial charge in [0.1, 0.15) is 5.54 Å². The molecule has 3 heterocycles. The number of rotatable bonds is 7. The van der Waals surface area contributed by atoms with E-state index in [1.165, 1.54) is 28.5 Å². The van der Waals surface area contributed by atoms with Crippen molar-refractivity contribution in [1.82, 2.24) is 10.8 Å². The number of aliphatic hydroxyl groups is 1. The highest BCUT2D eigenvalue weighted by Gasteiger charge is 2.46. The van der Waals surface area contributed by atoms with Crippen LogP contribution in [0.2, 0.25) is 0 Å². The third-order valence-corrected chi connectivity index (χ3v) is 8.10. The zero-order valence-electron chi connectivity index (χ0n) is 15.3. The van der Waals surface area contributed by atoms with Gasteiger partial charge in [0.25, 0.3) is 5.91 Å². The van der Waals surface area contributed by atoms with E-state index >= 15 is 0 Å². The van der Waals surface area contributed by atoms with Crippen LogP contribution in [-0.2, 0) is 11.3 Å². The van der Waals surface area contributed by atoms with Crippen molar-refractivity contribution in [2.75, 3.05) is 0 Å². The third-order valence-electron chi connectivity index (χ3n) is 4.67. The van der Waals surface area contributed by atoms with E-state index in [9.17, 15) is 9.90 Å². The zero-order valence-corrected chi connectivity index (χ0v) is 17.7. The van der Waals surface area contributed by atoms with Crippen molar-refractivity contribution in [2.45, 2.75) is 38.5 Å². The lowest BCUT2D eigenvalue weighted by molar-refractivity contribution is -0.145. The molecule has 27 heavy (non-hydrogen) atoms. The van der Waals surface area contributed by atoms with Gasteiger partial charge in [-0.1, -0.05) is 6.07 Å². The predicted octanol–water partition coefficient (Wildman–Crippen LogP) is 4.33. The van der Waals surface area contributed by atoms with Gasteiger partial charge in [0, 0.05) is 30.9 Å². The van der Waals surface area contributed by atoms with Crippen molar-refractivity contribution in [2.24, 2.45) is 0 Å². The average Bonchev–Trinajstić information content (AvgIpc) is 3.37. The molecule has 4 N–H and O–H groups in total. The van der Waals surface area contributed by atoms with E-state index in [1.807, 2.05) is 6.07 Å². The summed E-state index contributed by atoms with van der Waals surface area (Å²) >= 11 is 5.13. The Morgan fingerprint density at radius 3 is 2.22 bits per heavy atom. The monoisotopic (exact) mass is 422 g/mol. The van der Waals surface area contributed by atoms with Crippen LogP contribution in [0.3, 0.4) is 0 Å². The maximum Gasteiger partial charge on any atom is 0.266 e. The predicted molar refractivity (Wildman–Crippen MR) is 112 cm³/mol. The number of thiophene rings is 3. The lowest BCUT2D eigenvalue weighted by Gasteiger charge is -2.38. The van der Waals surface area contributed by atoms with E-state index in [4.69, 9.17) is 5.21 Å². The number of carbonyl (C=O) groups is 1. The number of carbonyl (C=O) groups excluding carboxylic acids is 1. The highest BCUT2D eigenvalue weighted by molar-refractivity contribution is 7.26. The Hall–Kier alpha value is -1.55. The van der Waals surface area contributed by atoms with Crippen molar-refractivity contribution in [3.8, 4) is 19.5 Å². The van der Waals surface area contributed by atoms with E-state index in [1.54, 1.807) is 46.4 Å². The maximum atomic E-state index is 12.1. The molecule has 0 aliphatic heterocycles. The molecule has 1 amide bonds. The lowest BCUT2D eigenvalue weighted by atomic mass is 9.83. The van der Waals surface area contributed by atoms with Crippen molar-refractivity contribution >= 4 is 39.9 Å². The largest absolute Gasteiger partial charge is 0.388 e. The first-order valence-corrected chi connectivity index (χ1v) is 10.9. The van der Waals surface area contributed by atoms with E-state index in [0.29, 0.717) is 6.54 Å². The van der Waals surface area contributed by atoms with Gasteiger partial charge in [0.05, 0.1) is 5.60 Å². The second-order valence-electron chi connectivity index (χ2n) is 6.89. The van der Waals surface area contributed by atoms with Gasteiger partial charge in [-0.25, -0.2) is 5.48 Å². The summed E-state index contributed by atoms with van der Waals surface area (Å²) in [5.41, 5.74) is -1.05. The Balaban J connectivity index is 1.74. The molecule has 3 aromatic heterocycles. The molecule has 5 nitrogen and oxygen atoms in total. The van der Waals surface area contributed by atoms with Gasteiger partial charge in [-0.2, -0.15) is 0 Å². The summed E-state index contributed by atoms with van der Waals surface area (Å²) in [5, 5.41) is 24.5. The summed E-state index contributed by atoms with van der Waals surface area (Å²) in [6.07, 6.45) is 0. The topological polar surface area (TPSA) is 81.6 Å². The van der Waals surface area contributed by atoms with Gasteiger partial charge < -0.3 is 5.11 Å². The molecule has 144 valence electrons. The second kappa shape index (κ2) is 7.83. The molecule has 3 aromatic rings. The van der Waals surface area contributed by atoms with Crippen LogP contribution in [0.5, 0.6) is 0 Å². The first kappa shape index (κ1) is 20.2. The van der Waals surface area contributed by atoms with Gasteiger partial charge in [-0.05, 0) is 56.5 Å². The van der Waals surface area contributed by atoms with Crippen LogP contribution in [0.15, 0.2) is 41.8 Å². The summed E-state index contributed by atoms with van der Waals surface area (Å²) in [6, 6.07) is 12.5. The van der Waals surface area contributed by atoms with Crippen LogP contribution in [-0.4, -0.2) is 27.4 Å². The van der Waals surface area contributed by atoms with Crippen LogP contribution in [0, 0.1) is 0 Å². The summed E-state index contributed by atoms with van der Waals surface area (Å²) < 4.78 is 0. The van der Waals surface area contributed by atoms with Crippen molar-refractivity contribution in [3.05, 3.63) is 46.7 Å². The smallest absolute Gasteiger partial charge is 0.266 e. The Labute approximate surface area is 170 Å². The number of nitrogens with one attached hydrogen (secondary N) is 2. The van der Waals surface area contributed by atoms with Crippen molar-refractivity contribution < 1.29 is 15.1 Å². The maximum absolute atomic E-state index is 12.1. The van der Waals surface area contributed by atoms with Crippen LogP contribution in [0.1, 0.15) is 25.6 Å². The third kappa shape index (κ3) is 4.16. The van der Waals surface area contributed by atoms with Gasteiger partial charge in [0.15, 0.2) is 0 Å². The summed E-state index contributed by atoms with van der Waals surface area (Å²) in [5.74, 6) is -0.675. The van der Waals surface area contributed by atoms with E-state index in [0.717, 1.165) is 9.75 Å². The van der Waals surface area contributed by atoms with Gasteiger partial charge in [-0.15, -0.1) is 34.0 Å². The molecule has 1 unspecified atom stereocenters. The van der Waals surface area contributed by atoms with Crippen LogP contribution < -0.4 is 10.8 Å². The molecule has 0 aromatic carbocycles. The second-order valence-corrected chi connectivity index (χ2v) is 10.1. The van der Waals surface area contributed by atoms with Crippen LogP contribution in [0.25, 0.3) is 19.5 Å². The molecule has 3 rings (SSSR count). The van der Waals surface area contributed by atoms with E-state index in [2.05, 4.69) is 41.0 Å². The summed E-state index contributed by atoms with van der Waals surface area (Å²) in [4.78, 5) is 18.0. The first-order chi connectivity index (χ1) is 12.7. The minimum atomic E-state index is -1.36. The average molecular weight is 423 g/mol. The fourth-order valence-electron chi connectivity index (χ4n) is 2.58. The molecule has 0 aliphatic carbocycles. The molecule has 8 heteroatoms. The summed E-state index contributed by atoms with van der Waals surface area (Å²) in [7, 11) is 0. The Bertz CT molecular complexity index is 909. The first-order valence-electron chi connectivity index (χ1n) is 8.39. The SMILES string of the molecule is CC(C)(O)C(C)(NCc1ccc(-c2ccc(-c3cccs3)s2)s1)C(=O)NO. The van der Waals surface area contributed by atoms with Crippen LogP contribution >= 0.6 is 34.0 Å². The number of amides is 1. The minimum absolute atomic E-state index is 0.404. The van der Waals surface area contributed by atoms with Crippen molar-refractivity contribution in [1.29, 1.82) is 0 Å². The van der Waals surface area contributed by atoms with Gasteiger partial charge in [0.2, 0.25) is 0 Å². The Morgan fingerprint density at radius 1 is 1.00 bits per heavy atom.